The summed E-state index contributed by atoms with van der Waals surface area (Å²) in [6.45, 7) is 12.8. The molecule has 0 aliphatic carbocycles. The number of allylic oxidation sites excluding steroid dienone is 1. The average molecular weight is 367 g/mol. The zero-order chi connectivity index (χ0) is 19.9. The first kappa shape index (κ1) is 19.4. The lowest BCUT2D eigenvalue weighted by Crippen LogP contribution is -2.32. The van der Waals surface area contributed by atoms with Gasteiger partial charge < -0.3 is 4.90 Å². The minimum absolute atomic E-state index is 0.00698. The third kappa shape index (κ3) is 4.12. The van der Waals surface area contributed by atoms with E-state index in [9.17, 15) is 4.79 Å². The highest BCUT2D eigenvalue weighted by Crippen LogP contribution is 2.28. The van der Waals surface area contributed by atoms with Crippen molar-refractivity contribution >= 4 is 22.3 Å². The molecule has 1 amide bonds. The topological polar surface area (TPSA) is 20.3 Å². The molecule has 0 bridgehead atoms. The van der Waals surface area contributed by atoms with Crippen molar-refractivity contribution in [1.29, 1.82) is 0 Å². The summed E-state index contributed by atoms with van der Waals surface area (Å²) in [6.07, 6.45) is 4.11. The molecule has 0 unspecified atom stereocenters. The highest BCUT2D eigenvalue weighted by molar-refractivity contribution is 6.08. The Morgan fingerprint density at radius 3 is 2.18 bits per heavy atom. The fourth-order valence-corrected chi connectivity index (χ4v) is 3.43. The molecule has 0 aromatic heterocycles. The Kier molecular flexibility index (Phi) is 6.23. The molecule has 0 aliphatic rings. The zero-order valence-electron chi connectivity index (χ0n) is 16.1. The number of fused-ring (bicyclic) bond motifs is 1. The number of hydrogen-bond donors (Lipinski definition) is 0. The Balaban J connectivity index is 2.08. The van der Waals surface area contributed by atoms with Gasteiger partial charge in [0.05, 0.1) is 5.56 Å². The summed E-state index contributed by atoms with van der Waals surface area (Å²) in [5, 5.41) is 2.01. The van der Waals surface area contributed by atoms with Crippen LogP contribution in [-0.2, 0) is 6.42 Å². The van der Waals surface area contributed by atoms with Gasteiger partial charge in [0.2, 0.25) is 0 Å². The van der Waals surface area contributed by atoms with E-state index in [2.05, 4.69) is 25.8 Å². The fraction of sp³-hybridized carbons (Fsp3) is 0.115. The minimum Gasteiger partial charge on any atom is -0.331 e. The predicted molar refractivity (Wildman–Crippen MR) is 119 cm³/mol. The Bertz CT molecular complexity index is 1010. The maximum Gasteiger partial charge on any atom is 0.255 e. The van der Waals surface area contributed by atoms with Crippen molar-refractivity contribution in [2.45, 2.75) is 6.42 Å². The molecule has 0 heterocycles. The van der Waals surface area contributed by atoms with Gasteiger partial charge in [-0.05, 0) is 33.9 Å². The summed E-state index contributed by atoms with van der Waals surface area (Å²) in [5.74, 6) is -0.00698. The normalized spacial score (nSPS) is 10.4. The largest absolute Gasteiger partial charge is 0.331 e. The van der Waals surface area contributed by atoms with Crippen LogP contribution in [0.2, 0.25) is 0 Å². The van der Waals surface area contributed by atoms with Crippen molar-refractivity contribution in [3.8, 4) is 0 Å². The molecule has 2 heteroatoms. The van der Waals surface area contributed by atoms with Crippen molar-refractivity contribution in [2.24, 2.45) is 0 Å². The zero-order valence-corrected chi connectivity index (χ0v) is 16.1. The molecule has 0 radical (unpaired) electrons. The van der Waals surface area contributed by atoms with Crippen molar-refractivity contribution in [3.05, 3.63) is 115 Å². The molecular weight excluding hydrogens is 342 g/mol. The van der Waals surface area contributed by atoms with E-state index in [1.54, 1.807) is 17.1 Å². The van der Waals surface area contributed by atoms with Crippen LogP contribution in [0.15, 0.2) is 98.6 Å². The summed E-state index contributed by atoms with van der Waals surface area (Å²) < 4.78 is 0. The van der Waals surface area contributed by atoms with E-state index in [0.29, 0.717) is 19.5 Å². The van der Waals surface area contributed by atoms with Crippen molar-refractivity contribution < 1.29 is 4.79 Å². The summed E-state index contributed by atoms with van der Waals surface area (Å²) >= 11 is 0. The monoisotopic (exact) mass is 367 g/mol. The van der Waals surface area contributed by atoms with E-state index in [4.69, 9.17) is 0 Å². The van der Waals surface area contributed by atoms with Gasteiger partial charge in [-0.15, -0.1) is 13.2 Å². The average Bonchev–Trinajstić information content (AvgIpc) is 2.73. The highest BCUT2D eigenvalue weighted by atomic mass is 16.2. The number of amides is 1. The van der Waals surface area contributed by atoms with Crippen molar-refractivity contribution in [2.75, 3.05) is 13.1 Å². The Morgan fingerprint density at radius 1 is 0.857 bits per heavy atom. The van der Waals surface area contributed by atoms with Gasteiger partial charge in [-0.3, -0.25) is 4.79 Å². The van der Waals surface area contributed by atoms with Gasteiger partial charge in [0, 0.05) is 13.1 Å². The molecular formula is C26H25NO. The maximum absolute atomic E-state index is 13.5. The molecule has 2 nitrogen and oxygen atoms in total. The van der Waals surface area contributed by atoms with Crippen molar-refractivity contribution in [1.82, 2.24) is 4.90 Å². The molecule has 0 saturated heterocycles. The third-order valence-corrected chi connectivity index (χ3v) is 4.80. The maximum atomic E-state index is 13.5. The first-order chi connectivity index (χ1) is 13.7. The predicted octanol–water partition coefficient (Wildman–Crippen LogP) is 5.91. The fourth-order valence-electron chi connectivity index (χ4n) is 3.43. The molecule has 0 N–H and O–H groups in total. The van der Waals surface area contributed by atoms with Gasteiger partial charge in [0.1, 0.15) is 0 Å². The van der Waals surface area contributed by atoms with Gasteiger partial charge in [0.25, 0.3) is 5.91 Å². The second-order valence-electron chi connectivity index (χ2n) is 6.75. The lowest BCUT2D eigenvalue weighted by molar-refractivity contribution is 0.0792. The molecule has 140 valence electrons. The number of carbonyl (C=O) groups is 1. The van der Waals surface area contributed by atoms with Gasteiger partial charge >= 0.3 is 0 Å². The lowest BCUT2D eigenvalue weighted by atomic mass is 9.92. The smallest absolute Gasteiger partial charge is 0.255 e. The summed E-state index contributed by atoms with van der Waals surface area (Å²) in [6, 6.07) is 22.2. The van der Waals surface area contributed by atoms with E-state index < -0.39 is 0 Å². The van der Waals surface area contributed by atoms with E-state index in [1.807, 2.05) is 60.7 Å². The second-order valence-corrected chi connectivity index (χ2v) is 6.75. The second kappa shape index (κ2) is 9.01. The summed E-state index contributed by atoms with van der Waals surface area (Å²) in [4.78, 5) is 15.2. The van der Waals surface area contributed by atoms with E-state index >= 15 is 0 Å². The van der Waals surface area contributed by atoms with Crippen LogP contribution in [0.3, 0.4) is 0 Å². The molecule has 3 aromatic rings. The molecule has 0 spiro atoms. The van der Waals surface area contributed by atoms with Crippen LogP contribution in [0.1, 0.15) is 21.5 Å². The number of nitrogens with zero attached hydrogens (tertiary/aromatic N) is 1. The van der Waals surface area contributed by atoms with Crippen LogP contribution in [0, 0.1) is 0 Å². The SMILES string of the molecule is C=CCN(CC=C)C(=O)c1c(CC(=C)c2ccccc2)ccc2ccccc12. The highest BCUT2D eigenvalue weighted by Gasteiger charge is 2.20. The molecule has 3 rings (SSSR count). The first-order valence-corrected chi connectivity index (χ1v) is 9.40. The van der Waals surface area contributed by atoms with Gasteiger partial charge in [-0.1, -0.05) is 85.5 Å². The molecule has 3 aromatic carbocycles. The minimum atomic E-state index is -0.00698. The molecule has 28 heavy (non-hydrogen) atoms. The number of rotatable bonds is 8. The lowest BCUT2D eigenvalue weighted by Gasteiger charge is -2.22. The van der Waals surface area contributed by atoms with E-state index in [1.165, 1.54) is 0 Å². The third-order valence-electron chi connectivity index (χ3n) is 4.80. The van der Waals surface area contributed by atoms with Gasteiger partial charge in [0.15, 0.2) is 0 Å². The Labute approximate surface area is 167 Å². The molecule has 0 saturated carbocycles. The van der Waals surface area contributed by atoms with Crippen LogP contribution >= 0.6 is 0 Å². The Hall–Kier alpha value is -3.39. The quantitative estimate of drug-likeness (QED) is 0.453. The standard InChI is InChI=1S/C26H25NO/c1-4-17-27(18-5-2)26(28)25-23(16-15-22-13-9-10-14-24(22)25)19-20(3)21-11-7-6-8-12-21/h4-16H,1-3,17-19H2. The summed E-state index contributed by atoms with van der Waals surface area (Å²) in [5.41, 5.74) is 3.79. The van der Waals surface area contributed by atoms with Crippen LogP contribution in [0.5, 0.6) is 0 Å². The molecule has 0 aliphatic heterocycles. The van der Waals surface area contributed by atoms with Gasteiger partial charge in [-0.25, -0.2) is 0 Å². The summed E-state index contributed by atoms with van der Waals surface area (Å²) in [7, 11) is 0. The van der Waals surface area contributed by atoms with E-state index in [-0.39, 0.29) is 5.91 Å². The number of hydrogen-bond acceptors (Lipinski definition) is 1. The molecule has 0 atom stereocenters. The Morgan fingerprint density at radius 2 is 1.50 bits per heavy atom. The molecule has 0 fully saturated rings. The van der Waals surface area contributed by atoms with Crippen LogP contribution < -0.4 is 0 Å². The van der Waals surface area contributed by atoms with Crippen molar-refractivity contribution in [3.63, 3.8) is 0 Å². The van der Waals surface area contributed by atoms with Crippen LogP contribution in [-0.4, -0.2) is 23.9 Å². The van der Waals surface area contributed by atoms with E-state index in [0.717, 1.165) is 33.0 Å². The van der Waals surface area contributed by atoms with Gasteiger partial charge in [-0.2, -0.15) is 0 Å². The van der Waals surface area contributed by atoms with Crippen LogP contribution in [0.4, 0.5) is 0 Å². The first-order valence-electron chi connectivity index (χ1n) is 9.40. The number of carbonyl (C=O) groups excluding carboxylic acids is 1. The van der Waals surface area contributed by atoms with Crippen LogP contribution in [0.25, 0.3) is 16.3 Å². The number of benzene rings is 3.